The van der Waals surface area contributed by atoms with Crippen molar-refractivity contribution in [3.8, 4) is 0 Å². The number of ether oxygens (including phenoxy) is 1. The number of hydrogen-bond donors (Lipinski definition) is 1. The Morgan fingerprint density at radius 1 is 0.973 bits per heavy atom. The van der Waals surface area contributed by atoms with Crippen LogP contribution >= 0.6 is 0 Å². The molecule has 0 bridgehead atoms. The highest BCUT2D eigenvalue weighted by Gasteiger charge is 2.35. The number of hydrogen-bond acceptors (Lipinski definition) is 6. The highest BCUT2D eigenvalue weighted by molar-refractivity contribution is 6.00. The molecule has 4 heterocycles. The Bertz CT molecular complexity index is 1280. The predicted octanol–water partition coefficient (Wildman–Crippen LogP) is 2.79. The van der Waals surface area contributed by atoms with Crippen molar-refractivity contribution < 1.29 is 19.1 Å². The zero-order chi connectivity index (χ0) is 26.5. The molecule has 0 aliphatic carbocycles. The number of carbonyl (C=O) groups excluding carboxylic acids is 3. The molecule has 3 fully saturated rings. The summed E-state index contributed by atoms with van der Waals surface area (Å²) in [5.74, 6) is 0.421. The molecule has 1 N–H and O–H groups in total. The normalized spacial score (nSPS) is 23.6. The van der Waals surface area contributed by atoms with Gasteiger partial charge in [0.05, 0.1) is 11.0 Å². The number of imidazole rings is 1. The fourth-order valence-corrected chi connectivity index (χ4v) is 6.06. The first-order valence-corrected chi connectivity index (χ1v) is 13.3. The molecule has 10 heteroatoms. The zero-order valence-corrected chi connectivity index (χ0v) is 22.2. The molecule has 0 radical (unpaired) electrons. The Morgan fingerprint density at radius 3 is 2.35 bits per heavy atom. The highest BCUT2D eigenvalue weighted by Crippen LogP contribution is 2.35. The number of likely N-dealkylation sites (tertiary alicyclic amines) is 1. The molecule has 0 saturated carbocycles. The molecule has 3 amide bonds. The van der Waals surface area contributed by atoms with Crippen LogP contribution in [0.15, 0.2) is 23.0 Å². The van der Waals surface area contributed by atoms with Crippen molar-refractivity contribution in [2.24, 2.45) is 18.9 Å². The van der Waals surface area contributed by atoms with Crippen LogP contribution in [0.3, 0.4) is 0 Å². The van der Waals surface area contributed by atoms with E-state index in [-0.39, 0.29) is 24.1 Å². The molecule has 2 atom stereocenters. The Morgan fingerprint density at radius 2 is 1.68 bits per heavy atom. The third-order valence-electron chi connectivity index (χ3n) is 8.04. The minimum Gasteiger partial charge on any atom is -0.444 e. The maximum Gasteiger partial charge on any atom is 0.410 e. The lowest BCUT2D eigenvalue weighted by atomic mass is 9.84. The summed E-state index contributed by atoms with van der Waals surface area (Å²) < 4.78 is 8.64. The number of benzene rings is 1. The van der Waals surface area contributed by atoms with Crippen LogP contribution in [0, 0.1) is 11.8 Å². The van der Waals surface area contributed by atoms with E-state index in [9.17, 15) is 19.2 Å². The van der Waals surface area contributed by atoms with Crippen molar-refractivity contribution >= 4 is 34.6 Å². The van der Waals surface area contributed by atoms with Gasteiger partial charge in [0.2, 0.25) is 11.8 Å². The maximum atomic E-state index is 13.1. The quantitative estimate of drug-likeness (QED) is 0.636. The van der Waals surface area contributed by atoms with E-state index in [0.717, 1.165) is 56.6 Å². The van der Waals surface area contributed by atoms with E-state index >= 15 is 0 Å². The van der Waals surface area contributed by atoms with Gasteiger partial charge in [-0.25, -0.2) is 9.59 Å². The fraction of sp³-hybridized carbons (Fsp3) is 0.630. The largest absolute Gasteiger partial charge is 0.444 e. The second-order valence-corrected chi connectivity index (χ2v) is 11.7. The standard InChI is InChI=1S/C27H37N5O5/c1-27(2,3)37-26(36)30-12-9-17(10-13-30)18-11-14-31(16-18)19-5-6-20-22(15-19)29(4)25(35)32(20)21-7-8-23(33)28-24(21)34/h5-6,15,17-18,21H,7-14,16H2,1-4H3,(H,28,33,34)/t18-,21?/m1/s1. The Kier molecular flexibility index (Phi) is 6.53. The van der Waals surface area contributed by atoms with Crippen molar-refractivity contribution in [3.63, 3.8) is 0 Å². The van der Waals surface area contributed by atoms with Crippen LogP contribution in [0.25, 0.3) is 11.0 Å². The predicted molar refractivity (Wildman–Crippen MR) is 139 cm³/mol. The number of imide groups is 1. The van der Waals surface area contributed by atoms with Gasteiger partial charge in [-0.05, 0) is 76.5 Å². The first-order chi connectivity index (χ1) is 17.5. The average Bonchev–Trinajstić information content (AvgIpc) is 3.42. The van der Waals surface area contributed by atoms with E-state index in [1.54, 1.807) is 11.6 Å². The molecule has 1 unspecified atom stereocenters. The molecule has 0 spiro atoms. The van der Waals surface area contributed by atoms with Gasteiger partial charge < -0.3 is 14.5 Å². The maximum absolute atomic E-state index is 13.1. The summed E-state index contributed by atoms with van der Waals surface area (Å²) in [6.45, 7) is 9.04. The topological polar surface area (TPSA) is 106 Å². The van der Waals surface area contributed by atoms with E-state index in [4.69, 9.17) is 4.74 Å². The van der Waals surface area contributed by atoms with Gasteiger partial charge in [0.25, 0.3) is 0 Å². The van der Waals surface area contributed by atoms with Crippen LogP contribution in [0.1, 0.15) is 58.9 Å². The number of nitrogens with one attached hydrogen (secondary N) is 1. The number of aryl methyl sites for hydroxylation is 1. The minimum absolute atomic E-state index is 0.220. The number of carbonyl (C=O) groups is 3. The van der Waals surface area contributed by atoms with Gasteiger partial charge in [0.1, 0.15) is 11.6 Å². The lowest BCUT2D eigenvalue weighted by Gasteiger charge is -2.35. The SMILES string of the molecule is Cn1c(=O)n(C2CCC(=O)NC2=O)c2ccc(N3CC[C@@H](C4CCN(C(=O)OC(C)(C)C)CC4)C3)cc21. The van der Waals surface area contributed by atoms with Gasteiger partial charge in [-0.2, -0.15) is 0 Å². The molecule has 1 aromatic carbocycles. The summed E-state index contributed by atoms with van der Waals surface area (Å²) in [6, 6.07) is 5.30. The molecule has 3 aliphatic rings. The number of nitrogens with zero attached hydrogens (tertiary/aromatic N) is 4. The Labute approximate surface area is 216 Å². The fourth-order valence-electron chi connectivity index (χ4n) is 6.06. The molecule has 3 aliphatic heterocycles. The minimum atomic E-state index is -0.678. The number of fused-ring (bicyclic) bond motifs is 1. The van der Waals surface area contributed by atoms with Crippen LogP contribution in [0.4, 0.5) is 10.5 Å². The van der Waals surface area contributed by atoms with E-state index < -0.39 is 17.6 Å². The van der Waals surface area contributed by atoms with Crippen LogP contribution in [-0.4, -0.2) is 63.7 Å². The van der Waals surface area contributed by atoms with Gasteiger partial charge in [-0.3, -0.25) is 24.0 Å². The number of amides is 3. The highest BCUT2D eigenvalue weighted by atomic mass is 16.6. The molecule has 2 aromatic rings. The Hall–Kier alpha value is -3.30. The van der Waals surface area contributed by atoms with E-state index in [1.165, 1.54) is 4.57 Å². The third kappa shape index (κ3) is 4.98. The second kappa shape index (κ2) is 9.54. The van der Waals surface area contributed by atoms with E-state index in [2.05, 4.69) is 10.2 Å². The third-order valence-corrected chi connectivity index (χ3v) is 8.04. The van der Waals surface area contributed by atoms with Crippen molar-refractivity contribution in [1.29, 1.82) is 0 Å². The molecule has 1 aromatic heterocycles. The van der Waals surface area contributed by atoms with Crippen molar-refractivity contribution in [3.05, 3.63) is 28.7 Å². The lowest BCUT2D eigenvalue weighted by Crippen LogP contribution is -2.44. The van der Waals surface area contributed by atoms with Crippen LogP contribution in [-0.2, 0) is 21.4 Å². The summed E-state index contributed by atoms with van der Waals surface area (Å²) in [7, 11) is 1.72. The molecular weight excluding hydrogens is 474 g/mol. The van der Waals surface area contributed by atoms with Crippen molar-refractivity contribution in [2.45, 2.75) is 64.5 Å². The summed E-state index contributed by atoms with van der Waals surface area (Å²) in [5, 5.41) is 2.36. The molecular formula is C27H37N5O5. The second-order valence-electron chi connectivity index (χ2n) is 11.7. The first-order valence-electron chi connectivity index (χ1n) is 13.3. The monoisotopic (exact) mass is 511 g/mol. The zero-order valence-electron chi connectivity index (χ0n) is 22.2. The molecule has 3 saturated heterocycles. The number of rotatable bonds is 3. The van der Waals surface area contributed by atoms with Gasteiger partial charge in [-0.1, -0.05) is 0 Å². The average molecular weight is 512 g/mol. The number of anilines is 1. The Balaban J connectivity index is 1.26. The first kappa shape index (κ1) is 25.4. The van der Waals surface area contributed by atoms with Crippen LogP contribution in [0.2, 0.25) is 0 Å². The summed E-state index contributed by atoms with van der Waals surface area (Å²) in [5.41, 5.74) is 1.82. The molecule has 10 nitrogen and oxygen atoms in total. The summed E-state index contributed by atoms with van der Waals surface area (Å²) in [4.78, 5) is 53.7. The van der Waals surface area contributed by atoms with Crippen LogP contribution < -0.4 is 15.9 Å². The molecule has 200 valence electrons. The lowest BCUT2D eigenvalue weighted by molar-refractivity contribution is -0.135. The van der Waals surface area contributed by atoms with Crippen LogP contribution in [0.5, 0.6) is 0 Å². The van der Waals surface area contributed by atoms with E-state index in [0.29, 0.717) is 23.8 Å². The number of aromatic nitrogens is 2. The summed E-state index contributed by atoms with van der Waals surface area (Å²) in [6.07, 6.45) is 3.41. The molecule has 37 heavy (non-hydrogen) atoms. The van der Waals surface area contributed by atoms with Crippen molar-refractivity contribution in [2.75, 3.05) is 31.1 Å². The van der Waals surface area contributed by atoms with E-state index in [1.807, 2.05) is 43.9 Å². The van der Waals surface area contributed by atoms with Gasteiger partial charge in [0.15, 0.2) is 0 Å². The van der Waals surface area contributed by atoms with Gasteiger partial charge >= 0.3 is 11.8 Å². The smallest absolute Gasteiger partial charge is 0.410 e. The van der Waals surface area contributed by atoms with Crippen molar-refractivity contribution in [1.82, 2.24) is 19.4 Å². The summed E-state index contributed by atoms with van der Waals surface area (Å²) >= 11 is 0. The number of piperidine rings is 2. The molecule has 5 rings (SSSR count). The van der Waals surface area contributed by atoms with Gasteiger partial charge in [-0.15, -0.1) is 0 Å². The van der Waals surface area contributed by atoms with Gasteiger partial charge in [0, 0.05) is 45.3 Å².